The molecule has 1 N–H and O–H groups in total. The predicted octanol–water partition coefficient (Wildman–Crippen LogP) is 2.84. The SMILES string of the molecule is CCSc1ccccc1C(=O)NC(Cn1nccn1)C(C)C. The molecule has 1 atom stereocenters. The minimum absolute atomic E-state index is 0.0143. The maximum Gasteiger partial charge on any atom is 0.252 e. The highest BCUT2D eigenvalue weighted by molar-refractivity contribution is 7.99. The smallest absolute Gasteiger partial charge is 0.252 e. The summed E-state index contributed by atoms with van der Waals surface area (Å²) in [4.78, 5) is 15.2. The molecule has 0 spiro atoms. The molecule has 5 nitrogen and oxygen atoms in total. The Morgan fingerprint density at radius 2 is 1.95 bits per heavy atom. The van der Waals surface area contributed by atoms with E-state index in [2.05, 4.69) is 36.3 Å². The van der Waals surface area contributed by atoms with Gasteiger partial charge in [-0.1, -0.05) is 32.9 Å². The van der Waals surface area contributed by atoms with Gasteiger partial charge in [-0.15, -0.1) is 11.8 Å². The van der Waals surface area contributed by atoms with Gasteiger partial charge < -0.3 is 5.32 Å². The van der Waals surface area contributed by atoms with E-state index in [9.17, 15) is 4.79 Å². The Balaban J connectivity index is 2.11. The number of carbonyl (C=O) groups is 1. The minimum Gasteiger partial charge on any atom is -0.347 e. The van der Waals surface area contributed by atoms with Gasteiger partial charge in [0, 0.05) is 4.90 Å². The Kier molecular flexibility index (Phi) is 6.00. The van der Waals surface area contributed by atoms with Crippen LogP contribution in [0.2, 0.25) is 0 Å². The maximum atomic E-state index is 12.6. The normalized spacial score (nSPS) is 12.4. The number of hydrogen-bond acceptors (Lipinski definition) is 4. The lowest BCUT2D eigenvalue weighted by molar-refractivity contribution is 0.0915. The molecule has 0 saturated heterocycles. The third kappa shape index (κ3) is 4.34. The number of thioether (sulfide) groups is 1. The van der Waals surface area contributed by atoms with Crippen LogP contribution in [0.25, 0.3) is 0 Å². The van der Waals surface area contributed by atoms with Crippen LogP contribution in [-0.4, -0.2) is 32.7 Å². The van der Waals surface area contributed by atoms with Crippen LogP contribution >= 0.6 is 11.8 Å². The van der Waals surface area contributed by atoms with Gasteiger partial charge in [-0.05, 0) is 23.8 Å². The predicted molar refractivity (Wildman–Crippen MR) is 89.0 cm³/mol. The molecule has 0 bridgehead atoms. The largest absolute Gasteiger partial charge is 0.347 e. The third-order valence-electron chi connectivity index (χ3n) is 3.38. The van der Waals surface area contributed by atoms with E-state index in [-0.39, 0.29) is 11.9 Å². The molecular weight excluding hydrogens is 296 g/mol. The molecule has 0 aliphatic rings. The number of rotatable bonds is 7. The van der Waals surface area contributed by atoms with Crippen LogP contribution < -0.4 is 5.32 Å². The molecule has 2 aromatic rings. The van der Waals surface area contributed by atoms with Crippen LogP contribution in [0.3, 0.4) is 0 Å². The highest BCUT2D eigenvalue weighted by Crippen LogP contribution is 2.22. The second kappa shape index (κ2) is 7.98. The zero-order valence-electron chi connectivity index (χ0n) is 13.2. The quantitative estimate of drug-likeness (QED) is 0.798. The zero-order chi connectivity index (χ0) is 15.9. The summed E-state index contributed by atoms with van der Waals surface area (Å²) in [6.45, 7) is 6.82. The summed E-state index contributed by atoms with van der Waals surface area (Å²) < 4.78 is 0. The van der Waals surface area contributed by atoms with E-state index < -0.39 is 0 Å². The van der Waals surface area contributed by atoms with Crippen molar-refractivity contribution in [2.75, 3.05) is 5.75 Å². The van der Waals surface area contributed by atoms with E-state index in [0.29, 0.717) is 12.5 Å². The molecule has 6 heteroatoms. The molecule has 1 aromatic heterocycles. The summed E-state index contributed by atoms with van der Waals surface area (Å²) in [5.74, 6) is 1.19. The molecule has 0 radical (unpaired) electrons. The molecule has 0 aliphatic carbocycles. The summed E-state index contributed by atoms with van der Waals surface area (Å²) >= 11 is 1.68. The van der Waals surface area contributed by atoms with E-state index in [4.69, 9.17) is 0 Å². The van der Waals surface area contributed by atoms with Gasteiger partial charge >= 0.3 is 0 Å². The molecule has 118 valence electrons. The number of hydrogen-bond donors (Lipinski definition) is 1. The Labute approximate surface area is 135 Å². The lowest BCUT2D eigenvalue weighted by Crippen LogP contribution is -2.42. The van der Waals surface area contributed by atoms with E-state index >= 15 is 0 Å². The lowest BCUT2D eigenvalue weighted by Gasteiger charge is -2.22. The van der Waals surface area contributed by atoms with Crippen molar-refractivity contribution in [2.45, 2.75) is 38.3 Å². The second-order valence-corrected chi connectivity index (χ2v) is 6.64. The third-order valence-corrected chi connectivity index (χ3v) is 4.34. The topological polar surface area (TPSA) is 59.8 Å². The second-order valence-electron chi connectivity index (χ2n) is 5.34. The van der Waals surface area contributed by atoms with Crippen molar-refractivity contribution in [3.63, 3.8) is 0 Å². The number of aromatic nitrogens is 3. The highest BCUT2D eigenvalue weighted by atomic mass is 32.2. The average Bonchev–Trinajstić information content (AvgIpc) is 3.00. The molecule has 1 amide bonds. The van der Waals surface area contributed by atoms with Gasteiger partial charge in [0.2, 0.25) is 0 Å². The van der Waals surface area contributed by atoms with Gasteiger partial charge in [-0.3, -0.25) is 4.79 Å². The van der Waals surface area contributed by atoms with E-state index in [0.717, 1.165) is 16.2 Å². The Morgan fingerprint density at radius 3 is 2.59 bits per heavy atom. The van der Waals surface area contributed by atoms with Crippen LogP contribution in [0, 0.1) is 5.92 Å². The summed E-state index contributed by atoms with van der Waals surface area (Å²) in [6, 6.07) is 7.70. The first kappa shape index (κ1) is 16.5. The highest BCUT2D eigenvalue weighted by Gasteiger charge is 2.20. The molecule has 1 heterocycles. The molecule has 2 rings (SSSR count). The van der Waals surface area contributed by atoms with Crippen LogP contribution in [0.5, 0.6) is 0 Å². The van der Waals surface area contributed by atoms with Crippen molar-refractivity contribution in [3.05, 3.63) is 42.2 Å². The number of nitrogens with zero attached hydrogens (tertiary/aromatic N) is 3. The van der Waals surface area contributed by atoms with Gasteiger partial charge in [0.05, 0.1) is 30.5 Å². The Morgan fingerprint density at radius 1 is 1.27 bits per heavy atom. The van der Waals surface area contributed by atoms with Crippen LogP contribution in [0.4, 0.5) is 0 Å². The molecule has 22 heavy (non-hydrogen) atoms. The number of benzene rings is 1. The van der Waals surface area contributed by atoms with Crippen molar-refractivity contribution in [1.29, 1.82) is 0 Å². The summed E-state index contributed by atoms with van der Waals surface area (Å²) in [7, 11) is 0. The Bertz CT molecular complexity index is 598. The van der Waals surface area contributed by atoms with Crippen molar-refractivity contribution < 1.29 is 4.79 Å². The first-order valence-electron chi connectivity index (χ1n) is 7.48. The molecule has 1 unspecified atom stereocenters. The van der Waals surface area contributed by atoms with E-state index in [1.807, 2.05) is 24.3 Å². The number of carbonyl (C=O) groups excluding carboxylic acids is 1. The monoisotopic (exact) mass is 318 g/mol. The summed E-state index contributed by atoms with van der Waals surface area (Å²) in [5.41, 5.74) is 0.730. The fourth-order valence-corrected chi connectivity index (χ4v) is 2.92. The van der Waals surface area contributed by atoms with E-state index in [1.54, 1.807) is 29.0 Å². The van der Waals surface area contributed by atoms with Crippen molar-refractivity contribution in [2.24, 2.45) is 5.92 Å². The van der Waals surface area contributed by atoms with Crippen molar-refractivity contribution in [1.82, 2.24) is 20.3 Å². The minimum atomic E-state index is -0.0394. The van der Waals surface area contributed by atoms with Crippen LogP contribution in [-0.2, 0) is 6.54 Å². The van der Waals surface area contributed by atoms with E-state index in [1.165, 1.54) is 0 Å². The standard InChI is InChI=1S/C16H22N4OS/c1-4-22-15-8-6-5-7-13(15)16(21)19-14(12(2)3)11-20-17-9-10-18-20/h5-10,12,14H,4,11H2,1-3H3,(H,19,21). The van der Waals surface area contributed by atoms with Gasteiger partial charge in [0.15, 0.2) is 0 Å². The zero-order valence-corrected chi connectivity index (χ0v) is 14.0. The van der Waals surface area contributed by atoms with Crippen molar-refractivity contribution in [3.8, 4) is 0 Å². The van der Waals surface area contributed by atoms with Gasteiger partial charge in [-0.2, -0.15) is 15.0 Å². The van der Waals surface area contributed by atoms with Crippen LogP contribution in [0.1, 0.15) is 31.1 Å². The van der Waals surface area contributed by atoms with Crippen LogP contribution in [0.15, 0.2) is 41.6 Å². The number of amides is 1. The maximum absolute atomic E-state index is 12.6. The molecular formula is C16H22N4OS. The fraction of sp³-hybridized carbons (Fsp3) is 0.438. The molecule has 0 aliphatic heterocycles. The first-order chi connectivity index (χ1) is 10.6. The summed E-state index contributed by atoms with van der Waals surface area (Å²) in [6.07, 6.45) is 3.29. The average molecular weight is 318 g/mol. The first-order valence-corrected chi connectivity index (χ1v) is 8.47. The van der Waals surface area contributed by atoms with Crippen molar-refractivity contribution >= 4 is 17.7 Å². The summed E-state index contributed by atoms with van der Waals surface area (Å²) in [5, 5.41) is 11.3. The Hall–Kier alpha value is -1.82. The number of nitrogens with one attached hydrogen (secondary N) is 1. The molecule has 1 aromatic carbocycles. The van der Waals surface area contributed by atoms with Gasteiger partial charge in [-0.25, -0.2) is 0 Å². The van der Waals surface area contributed by atoms with Gasteiger partial charge in [0.1, 0.15) is 0 Å². The molecule has 0 fully saturated rings. The van der Waals surface area contributed by atoms with Gasteiger partial charge in [0.25, 0.3) is 5.91 Å². The lowest BCUT2D eigenvalue weighted by atomic mass is 10.0. The fourth-order valence-electron chi connectivity index (χ4n) is 2.12. The molecule has 0 saturated carbocycles.